The van der Waals surface area contributed by atoms with Gasteiger partial charge in [-0.2, -0.15) is 9.97 Å². The smallest absolute Gasteiger partial charge is 0.226 e. The predicted octanol–water partition coefficient (Wildman–Crippen LogP) is 3.51. The molecule has 2 rings (SSSR count). The molecule has 0 fully saturated rings. The van der Waals surface area contributed by atoms with Crippen LogP contribution in [0.2, 0.25) is 0 Å². The van der Waals surface area contributed by atoms with E-state index in [2.05, 4.69) is 41.0 Å². The van der Waals surface area contributed by atoms with Crippen LogP contribution in [0, 0.1) is 5.92 Å². The zero-order valence-electron chi connectivity index (χ0n) is 14.3. The van der Waals surface area contributed by atoms with Crippen LogP contribution in [0.3, 0.4) is 0 Å². The third-order valence-corrected chi connectivity index (χ3v) is 3.86. The molecule has 0 aliphatic heterocycles. The Bertz CT molecular complexity index is 560. The molecule has 6 heteroatoms. The fraction of sp³-hybridized carbons (Fsp3) is 0.706. The van der Waals surface area contributed by atoms with Gasteiger partial charge in [0, 0.05) is 18.5 Å². The number of aliphatic hydroxyl groups is 1. The highest BCUT2D eigenvalue weighted by molar-refractivity contribution is 5.64. The van der Waals surface area contributed by atoms with Gasteiger partial charge in [0.2, 0.25) is 5.95 Å². The Labute approximate surface area is 137 Å². The molecular formula is C17H27FN4O. The first-order chi connectivity index (χ1) is 11.0. The lowest BCUT2D eigenvalue weighted by Gasteiger charge is -2.19. The van der Waals surface area contributed by atoms with Gasteiger partial charge >= 0.3 is 0 Å². The molecular weight excluding hydrogens is 295 g/mol. The second-order valence-electron chi connectivity index (χ2n) is 6.51. The Hall–Kier alpha value is -1.56. The first-order valence-electron chi connectivity index (χ1n) is 8.57. The first kappa shape index (κ1) is 17.8. The van der Waals surface area contributed by atoms with E-state index >= 15 is 0 Å². The van der Waals surface area contributed by atoms with Crippen molar-refractivity contribution >= 4 is 11.5 Å². The Morgan fingerprint density at radius 3 is 2.78 bits per heavy atom. The van der Waals surface area contributed by atoms with Crippen molar-refractivity contribution in [1.82, 2.24) is 15.0 Å². The van der Waals surface area contributed by atoms with Gasteiger partial charge in [-0.3, -0.25) is 0 Å². The summed E-state index contributed by atoms with van der Waals surface area (Å²) < 4.78 is 14.3. The Morgan fingerprint density at radius 1 is 1.30 bits per heavy atom. The molecule has 1 aromatic heterocycles. The molecule has 0 bridgehead atoms. The van der Waals surface area contributed by atoms with E-state index in [1.807, 2.05) is 0 Å². The van der Waals surface area contributed by atoms with Gasteiger partial charge in [0.15, 0.2) is 5.82 Å². The molecule has 23 heavy (non-hydrogen) atoms. The highest BCUT2D eigenvalue weighted by Gasteiger charge is 2.24. The van der Waals surface area contributed by atoms with E-state index in [-0.39, 0.29) is 0 Å². The van der Waals surface area contributed by atoms with Crippen molar-refractivity contribution in [2.75, 3.05) is 11.9 Å². The number of nitrogens with one attached hydrogen (secondary N) is 1. The summed E-state index contributed by atoms with van der Waals surface area (Å²) in [5, 5.41) is 12.9. The molecule has 0 aromatic carbocycles. The summed E-state index contributed by atoms with van der Waals surface area (Å²) >= 11 is 0. The maximum atomic E-state index is 14.3. The van der Waals surface area contributed by atoms with E-state index in [1.54, 1.807) is 0 Å². The van der Waals surface area contributed by atoms with Crippen molar-refractivity contribution in [3.05, 3.63) is 17.5 Å². The number of aryl methyl sites for hydroxylation is 1. The third kappa shape index (κ3) is 4.96. The van der Waals surface area contributed by atoms with Crippen LogP contribution in [-0.4, -0.2) is 32.7 Å². The van der Waals surface area contributed by atoms with Gasteiger partial charge in [0.1, 0.15) is 17.8 Å². The molecule has 128 valence electrons. The van der Waals surface area contributed by atoms with Crippen LogP contribution in [-0.2, 0) is 6.42 Å². The van der Waals surface area contributed by atoms with Gasteiger partial charge in [0.05, 0.1) is 0 Å². The number of hydrogen-bond donors (Lipinski definition) is 2. The Balaban J connectivity index is 2.33. The molecule has 0 spiro atoms. The second-order valence-corrected chi connectivity index (χ2v) is 6.51. The molecule has 0 saturated heterocycles. The van der Waals surface area contributed by atoms with Crippen LogP contribution in [0.4, 0.5) is 10.3 Å². The summed E-state index contributed by atoms with van der Waals surface area (Å²) in [5.74, 6) is 1.52. The fourth-order valence-electron chi connectivity index (χ4n) is 2.51. The van der Waals surface area contributed by atoms with Crippen LogP contribution in [0.1, 0.15) is 64.5 Å². The third-order valence-electron chi connectivity index (χ3n) is 3.86. The van der Waals surface area contributed by atoms with E-state index in [9.17, 15) is 9.50 Å². The standard InChI is InChI=1S/C17H27FN4O/c1-4-5-9-14-20-16(12-7-6-8-13(23)15(12)18)22-17(21-14)19-10-11(2)3/h11,13,23H,4-10H2,1-3H3,(H,19,20,21,22). The maximum absolute atomic E-state index is 14.3. The van der Waals surface area contributed by atoms with Crippen molar-refractivity contribution < 1.29 is 9.50 Å². The summed E-state index contributed by atoms with van der Waals surface area (Å²) in [5.41, 5.74) is 0.427. The summed E-state index contributed by atoms with van der Waals surface area (Å²) in [7, 11) is 0. The summed E-state index contributed by atoms with van der Waals surface area (Å²) in [6, 6.07) is 0. The molecule has 1 aliphatic rings. The second kappa shape index (κ2) is 8.34. The zero-order chi connectivity index (χ0) is 16.8. The van der Waals surface area contributed by atoms with Crippen molar-refractivity contribution in [2.24, 2.45) is 5.92 Å². The SMILES string of the molecule is CCCCc1nc(NCC(C)C)nc(C2=C(F)C(O)CCC2)n1. The Morgan fingerprint density at radius 2 is 2.09 bits per heavy atom. The van der Waals surface area contributed by atoms with Gasteiger partial charge in [-0.15, -0.1) is 0 Å². The minimum absolute atomic E-state index is 0.369. The molecule has 2 N–H and O–H groups in total. The number of allylic oxidation sites excluding steroid dienone is 1. The number of aromatic nitrogens is 3. The number of anilines is 1. The van der Waals surface area contributed by atoms with Crippen LogP contribution in [0.25, 0.3) is 5.57 Å². The molecule has 1 unspecified atom stereocenters. The largest absolute Gasteiger partial charge is 0.386 e. The maximum Gasteiger partial charge on any atom is 0.226 e. The van der Waals surface area contributed by atoms with Gasteiger partial charge in [-0.05, 0) is 31.6 Å². The predicted molar refractivity (Wildman–Crippen MR) is 89.7 cm³/mol. The number of aliphatic hydroxyl groups excluding tert-OH is 1. The van der Waals surface area contributed by atoms with E-state index in [1.165, 1.54) is 0 Å². The van der Waals surface area contributed by atoms with Crippen LogP contribution in [0.15, 0.2) is 5.83 Å². The van der Waals surface area contributed by atoms with Gasteiger partial charge in [-0.25, -0.2) is 9.37 Å². The van der Waals surface area contributed by atoms with E-state index in [0.717, 1.165) is 32.2 Å². The number of hydrogen-bond acceptors (Lipinski definition) is 5. The van der Waals surface area contributed by atoms with E-state index < -0.39 is 11.9 Å². The van der Waals surface area contributed by atoms with Crippen LogP contribution < -0.4 is 5.32 Å². The zero-order valence-corrected chi connectivity index (χ0v) is 14.3. The lowest BCUT2D eigenvalue weighted by atomic mass is 9.95. The molecule has 0 radical (unpaired) electrons. The molecule has 1 aliphatic carbocycles. The minimum Gasteiger partial charge on any atom is -0.386 e. The number of halogens is 1. The summed E-state index contributed by atoms with van der Waals surface area (Å²) in [6.07, 6.45) is 3.52. The lowest BCUT2D eigenvalue weighted by Crippen LogP contribution is -2.17. The average molecular weight is 322 g/mol. The normalized spacial score (nSPS) is 18.6. The quantitative estimate of drug-likeness (QED) is 0.804. The minimum atomic E-state index is -1.03. The van der Waals surface area contributed by atoms with Gasteiger partial charge in [0.25, 0.3) is 0 Å². The highest BCUT2D eigenvalue weighted by atomic mass is 19.1. The van der Waals surface area contributed by atoms with Crippen LogP contribution in [0.5, 0.6) is 0 Å². The highest BCUT2D eigenvalue weighted by Crippen LogP contribution is 2.32. The number of rotatable bonds is 7. The van der Waals surface area contributed by atoms with Crippen LogP contribution >= 0.6 is 0 Å². The summed E-state index contributed by atoms with van der Waals surface area (Å²) in [6.45, 7) is 7.07. The number of nitrogens with zero attached hydrogens (tertiary/aromatic N) is 3. The molecule has 0 amide bonds. The molecule has 1 atom stereocenters. The molecule has 1 heterocycles. The average Bonchev–Trinajstić information content (AvgIpc) is 2.53. The van der Waals surface area contributed by atoms with Crippen molar-refractivity contribution in [3.8, 4) is 0 Å². The van der Waals surface area contributed by atoms with Gasteiger partial charge < -0.3 is 10.4 Å². The Kier molecular flexibility index (Phi) is 6.45. The van der Waals surface area contributed by atoms with E-state index in [0.29, 0.717) is 41.9 Å². The topological polar surface area (TPSA) is 70.9 Å². The van der Waals surface area contributed by atoms with Crippen molar-refractivity contribution in [1.29, 1.82) is 0 Å². The molecule has 0 saturated carbocycles. The first-order valence-corrected chi connectivity index (χ1v) is 8.57. The van der Waals surface area contributed by atoms with Crippen molar-refractivity contribution in [3.63, 3.8) is 0 Å². The van der Waals surface area contributed by atoms with Gasteiger partial charge in [-0.1, -0.05) is 27.2 Å². The monoisotopic (exact) mass is 322 g/mol. The number of unbranched alkanes of at least 4 members (excludes halogenated alkanes) is 1. The molecule has 1 aromatic rings. The van der Waals surface area contributed by atoms with E-state index in [4.69, 9.17) is 0 Å². The molecule has 5 nitrogen and oxygen atoms in total. The lowest BCUT2D eigenvalue weighted by molar-refractivity contribution is 0.165. The fourth-order valence-corrected chi connectivity index (χ4v) is 2.51. The summed E-state index contributed by atoms with van der Waals surface area (Å²) in [4.78, 5) is 13.3. The van der Waals surface area contributed by atoms with Crippen molar-refractivity contribution in [2.45, 2.75) is 65.4 Å².